The molecule has 1 fully saturated rings. The molecule has 116 valence electrons. The molecule has 9 nitrogen and oxygen atoms in total. The van der Waals surface area contributed by atoms with Gasteiger partial charge < -0.3 is 10.4 Å². The number of hydrogen-bond donors (Lipinski definition) is 3. The van der Waals surface area contributed by atoms with Gasteiger partial charge in [-0.1, -0.05) is 0 Å². The van der Waals surface area contributed by atoms with Crippen molar-refractivity contribution in [2.75, 3.05) is 0 Å². The second kappa shape index (κ2) is 6.89. The normalized spacial score (nSPS) is 20.8. The zero-order valence-corrected chi connectivity index (χ0v) is 11.9. The fourth-order valence-corrected chi connectivity index (χ4v) is 2.77. The fraction of sp³-hybridized carbons (Fsp3) is 0.250. The summed E-state index contributed by atoms with van der Waals surface area (Å²) in [5, 5.41) is 25.0. The number of carbonyl (C=O) groups excluding carboxylic acids is 1. The summed E-state index contributed by atoms with van der Waals surface area (Å²) in [5.74, 6) is -1.39. The van der Waals surface area contributed by atoms with Crippen molar-refractivity contribution in [2.24, 2.45) is 5.10 Å². The van der Waals surface area contributed by atoms with Gasteiger partial charge in [0.05, 0.1) is 22.8 Å². The van der Waals surface area contributed by atoms with E-state index in [0.29, 0.717) is 5.56 Å². The number of amides is 1. The number of carboxylic acids is 1. The Morgan fingerprint density at radius 2 is 2.18 bits per heavy atom. The number of hydrogen-bond acceptors (Lipinski definition) is 7. The molecule has 1 aromatic carbocycles. The number of carboxylic acid groups (broad SMARTS) is 1. The van der Waals surface area contributed by atoms with E-state index < -0.39 is 21.6 Å². The van der Waals surface area contributed by atoms with Gasteiger partial charge in [0.1, 0.15) is 0 Å². The molecule has 1 saturated heterocycles. The molecule has 2 unspecified atom stereocenters. The van der Waals surface area contributed by atoms with Crippen molar-refractivity contribution in [1.82, 2.24) is 10.7 Å². The lowest BCUT2D eigenvalue weighted by Gasteiger charge is -2.07. The number of rotatable bonds is 6. The van der Waals surface area contributed by atoms with E-state index in [-0.39, 0.29) is 18.0 Å². The predicted molar refractivity (Wildman–Crippen MR) is 79.4 cm³/mol. The van der Waals surface area contributed by atoms with Gasteiger partial charge in [-0.2, -0.15) is 5.10 Å². The molecule has 0 spiro atoms. The quantitative estimate of drug-likeness (QED) is 0.394. The summed E-state index contributed by atoms with van der Waals surface area (Å²) in [6.07, 6.45) is 1.20. The number of hydrazone groups is 1. The smallest absolute Gasteiger partial charge is 0.305 e. The van der Waals surface area contributed by atoms with Gasteiger partial charge in [0.2, 0.25) is 5.91 Å². The number of non-ortho nitro benzene ring substituents is 1. The third kappa shape index (κ3) is 4.19. The van der Waals surface area contributed by atoms with Crippen LogP contribution in [0.5, 0.6) is 0 Å². The molecule has 10 heteroatoms. The van der Waals surface area contributed by atoms with Crippen LogP contribution in [0.25, 0.3) is 0 Å². The van der Waals surface area contributed by atoms with Crippen LogP contribution in [0.2, 0.25) is 0 Å². The van der Waals surface area contributed by atoms with Crippen molar-refractivity contribution in [1.29, 1.82) is 0 Å². The van der Waals surface area contributed by atoms with Gasteiger partial charge in [0.15, 0.2) is 5.50 Å². The van der Waals surface area contributed by atoms with Crippen molar-refractivity contribution in [2.45, 2.75) is 17.2 Å². The van der Waals surface area contributed by atoms with E-state index in [1.165, 1.54) is 30.5 Å². The maximum atomic E-state index is 11.5. The van der Waals surface area contributed by atoms with Crippen molar-refractivity contribution < 1.29 is 19.6 Å². The molecule has 0 aromatic heterocycles. The zero-order chi connectivity index (χ0) is 16.1. The van der Waals surface area contributed by atoms with Gasteiger partial charge in [-0.15, -0.1) is 11.8 Å². The van der Waals surface area contributed by atoms with Crippen LogP contribution < -0.4 is 10.7 Å². The molecule has 0 bridgehead atoms. The second-order valence-electron chi connectivity index (χ2n) is 4.35. The average molecular weight is 324 g/mol. The standard InChI is InChI=1S/C12H12N4O5S/c17-10(18)5-9-11(19)14-12(22-9)15-13-6-7-1-3-8(4-2-7)16(20)21/h1-4,6,9,12,15H,5H2,(H,14,19)(H,17,18)/b13-6+. The SMILES string of the molecule is O=C(O)CC1SC(N/N=C/c2ccc([N+](=O)[O-])cc2)NC1=O. The molecular formula is C12H12N4O5S. The van der Waals surface area contributed by atoms with Crippen LogP contribution in [0.4, 0.5) is 5.69 Å². The van der Waals surface area contributed by atoms with Crippen molar-refractivity contribution in [3.8, 4) is 0 Å². The highest BCUT2D eigenvalue weighted by atomic mass is 32.2. The number of carbonyl (C=O) groups is 2. The first kappa shape index (κ1) is 15.8. The highest BCUT2D eigenvalue weighted by molar-refractivity contribution is 8.01. The molecule has 1 heterocycles. The van der Waals surface area contributed by atoms with Crippen LogP contribution in [-0.2, 0) is 9.59 Å². The summed E-state index contributed by atoms with van der Waals surface area (Å²) < 4.78 is 0. The van der Waals surface area contributed by atoms with Crippen molar-refractivity contribution >= 4 is 35.5 Å². The van der Waals surface area contributed by atoms with Gasteiger partial charge >= 0.3 is 5.97 Å². The summed E-state index contributed by atoms with van der Waals surface area (Å²) >= 11 is 1.13. The number of thioether (sulfide) groups is 1. The van der Waals surface area contributed by atoms with E-state index in [4.69, 9.17) is 5.11 Å². The molecule has 2 atom stereocenters. The lowest BCUT2D eigenvalue weighted by Crippen LogP contribution is -2.35. The number of benzene rings is 1. The summed E-state index contributed by atoms with van der Waals surface area (Å²) in [5.41, 5.74) is 2.80. The largest absolute Gasteiger partial charge is 0.481 e. The van der Waals surface area contributed by atoms with Crippen molar-refractivity contribution in [3.05, 3.63) is 39.9 Å². The van der Waals surface area contributed by atoms with E-state index >= 15 is 0 Å². The van der Waals surface area contributed by atoms with Crippen LogP contribution in [0.15, 0.2) is 29.4 Å². The topological polar surface area (TPSA) is 134 Å². The Balaban J connectivity index is 1.86. The monoisotopic (exact) mass is 324 g/mol. The third-order valence-electron chi connectivity index (χ3n) is 2.74. The summed E-state index contributed by atoms with van der Waals surface area (Å²) in [6.45, 7) is 0. The Kier molecular flexibility index (Phi) is 4.94. The Morgan fingerprint density at radius 3 is 2.77 bits per heavy atom. The number of aliphatic carboxylic acids is 1. The summed E-state index contributed by atoms with van der Waals surface area (Å²) in [7, 11) is 0. The summed E-state index contributed by atoms with van der Waals surface area (Å²) in [4.78, 5) is 32.1. The molecule has 0 radical (unpaired) electrons. The van der Waals surface area contributed by atoms with E-state index in [9.17, 15) is 19.7 Å². The van der Waals surface area contributed by atoms with E-state index in [2.05, 4.69) is 15.8 Å². The van der Waals surface area contributed by atoms with Gasteiger partial charge in [0.25, 0.3) is 5.69 Å². The van der Waals surface area contributed by atoms with E-state index in [1.54, 1.807) is 0 Å². The lowest BCUT2D eigenvalue weighted by atomic mass is 10.2. The Labute approximate surface area is 128 Å². The van der Waals surface area contributed by atoms with E-state index in [1.807, 2.05) is 0 Å². The van der Waals surface area contributed by atoms with Gasteiger partial charge in [-0.3, -0.25) is 25.1 Å². The molecule has 1 aliphatic rings. The minimum absolute atomic E-state index is 0.0137. The number of nitrogens with zero attached hydrogens (tertiary/aromatic N) is 2. The number of nitro benzene ring substituents is 1. The highest BCUT2D eigenvalue weighted by Gasteiger charge is 2.33. The average Bonchev–Trinajstić information content (AvgIpc) is 2.79. The Bertz CT molecular complexity index is 618. The molecule has 1 aliphatic heterocycles. The van der Waals surface area contributed by atoms with Crippen LogP contribution in [0, 0.1) is 10.1 Å². The van der Waals surface area contributed by atoms with Gasteiger partial charge in [0, 0.05) is 12.1 Å². The summed E-state index contributed by atoms with van der Waals surface area (Å²) in [6, 6.07) is 5.79. The Morgan fingerprint density at radius 1 is 1.50 bits per heavy atom. The van der Waals surface area contributed by atoms with Gasteiger partial charge in [-0.05, 0) is 17.7 Å². The van der Waals surface area contributed by atoms with Crippen LogP contribution in [-0.4, -0.2) is 38.9 Å². The van der Waals surface area contributed by atoms with Gasteiger partial charge in [-0.25, -0.2) is 0 Å². The zero-order valence-electron chi connectivity index (χ0n) is 11.1. The fourth-order valence-electron chi connectivity index (χ4n) is 1.71. The molecule has 1 amide bonds. The Hall–Kier alpha value is -2.62. The molecule has 0 aliphatic carbocycles. The predicted octanol–water partition coefficient (Wildman–Crippen LogP) is 0.508. The minimum atomic E-state index is -1.04. The lowest BCUT2D eigenvalue weighted by molar-refractivity contribution is -0.384. The maximum absolute atomic E-state index is 11.5. The molecule has 3 N–H and O–H groups in total. The number of nitrogens with one attached hydrogen (secondary N) is 2. The molecule has 1 aromatic rings. The van der Waals surface area contributed by atoms with Crippen molar-refractivity contribution in [3.63, 3.8) is 0 Å². The van der Waals surface area contributed by atoms with Crippen LogP contribution >= 0.6 is 11.8 Å². The first-order valence-corrected chi connectivity index (χ1v) is 7.10. The first-order valence-electron chi connectivity index (χ1n) is 6.16. The van der Waals surface area contributed by atoms with E-state index in [0.717, 1.165) is 11.8 Å². The van der Waals surface area contributed by atoms with Crippen LogP contribution in [0.1, 0.15) is 12.0 Å². The maximum Gasteiger partial charge on any atom is 0.305 e. The molecule has 0 saturated carbocycles. The molecular weight excluding hydrogens is 312 g/mol. The van der Waals surface area contributed by atoms with Crippen LogP contribution in [0.3, 0.4) is 0 Å². The number of nitro groups is 1. The highest BCUT2D eigenvalue weighted by Crippen LogP contribution is 2.24. The minimum Gasteiger partial charge on any atom is -0.481 e. The molecule has 22 heavy (non-hydrogen) atoms. The third-order valence-corrected chi connectivity index (χ3v) is 3.94. The second-order valence-corrected chi connectivity index (χ2v) is 5.66. The molecule has 2 rings (SSSR count). The first-order chi connectivity index (χ1) is 10.5.